The fourth-order valence-electron chi connectivity index (χ4n) is 1.61. The molecule has 0 aliphatic heterocycles. The first-order valence-electron chi connectivity index (χ1n) is 5.84. The smallest absolute Gasteiger partial charge is 0.0357 e. The van der Waals surface area contributed by atoms with E-state index in [4.69, 9.17) is 0 Å². The van der Waals surface area contributed by atoms with E-state index in [9.17, 15) is 0 Å². The van der Waals surface area contributed by atoms with Crippen LogP contribution in [0.4, 0.5) is 0 Å². The highest BCUT2D eigenvalue weighted by molar-refractivity contribution is 14.1. The number of benzene rings is 1. The Morgan fingerprint density at radius 2 is 2.06 bits per heavy atom. The highest BCUT2D eigenvalue weighted by Gasteiger charge is 2.07. The summed E-state index contributed by atoms with van der Waals surface area (Å²) in [7, 11) is 0. The molecule has 0 bridgehead atoms. The summed E-state index contributed by atoms with van der Waals surface area (Å²) in [6.45, 7) is 5.29. The summed E-state index contributed by atoms with van der Waals surface area (Å²) in [6, 6.07) is 11.4. The van der Waals surface area contributed by atoms with Crippen molar-refractivity contribution in [1.29, 1.82) is 0 Å². The Labute approximate surface area is 134 Å². The Morgan fingerprint density at radius 3 is 2.78 bits per heavy atom. The number of thiophene rings is 1. The summed E-state index contributed by atoms with van der Waals surface area (Å²) in [4.78, 5) is 2.70. The minimum absolute atomic E-state index is 0.528. The third-order valence-corrected chi connectivity index (χ3v) is 5.02. The van der Waals surface area contributed by atoms with Crippen LogP contribution < -0.4 is 5.32 Å². The van der Waals surface area contributed by atoms with Gasteiger partial charge in [0.2, 0.25) is 0 Å². The van der Waals surface area contributed by atoms with Crippen LogP contribution in [0.3, 0.4) is 0 Å². The van der Waals surface area contributed by atoms with Crippen molar-refractivity contribution in [3.8, 4) is 10.4 Å². The molecule has 1 nitrogen and oxygen atoms in total. The molecular weight excluding hydrogens is 421 g/mol. The van der Waals surface area contributed by atoms with Crippen molar-refractivity contribution in [2.24, 2.45) is 0 Å². The molecule has 0 saturated carbocycles. The molecule has 1 heterocycles. The molecule has 0 radical (unpaired) electrons. The zero-order valence-electron chi connectivity index (χ0n) is 10.3. The molecule has 2 aromatic rings. The van der Waals surface area contributed by atoms with Crippen LogP contribution in [0.25, 0.3) is 10.4 Å². The lowest BCUT2D eigenvalue weighted by atomic mass is 10.2. The molecule has 96 valence electrons. The van der Waals surface area contributed by atoms with Gasteiger partial charge in [-0.25, -0.2) is 0 Å². The van der Waals surface area contributed by atoms with Crippen molar-refractivity contribution in [3.63, 3.8) is 0 Å². The maximum Gasteiger partial charge on any atom is 0.0357 e. The van der Waals surface area contributed by atoms with E-state index in [1.54, 1.807) is 0 Å². The summed E-state index contributed by atoms with van der Waals surface area (Å²) in [5.74, 6) is 0. The lowest BCUT2D eigenvalue weighted by Gasteiger charge is -2.05. The minimum Gasteiger partial charge on any atom is -0.310 e. The van der Waals surface area contributed by atoms with E-state index in [0.29, 0.717) is 6.04 Å². The number of hydrogen-bond donors (Lipinski definition) is 1. The monoisotopic (exact) mass is 435 g/mol. The number of rotatable bonds is 4. The van der Waals surface area contributed by atoms with E-state index in [0.717, 1.165) is 11.0 Å². The second-order valence-corrected chi connectivity index (χ2v) is 7.69. The van der Waals surface area contributed by atoms with Crippen LogP contribution in [0.1, 0.15) is 18.7 Å². The standard InChI is InChI=1S/C14H15BrINS/c1-9(2)17-8-11-4-6-14(18-11)12-7-10(16)3-5-13(12)15/h3-7,9,17H,8H2,1-2H3. The van der Waals surface area contributed by atoms with Crippen molar-refractivity contribution in [1.82, 2.24) is 5.32 Å². The molecule has 1 aromatic heterocycles. The van der Waals surface area contributed by atoms with Crippen LogP contribution in [0.15, 0.2) is 34.8 Å². The first kappa shape index (κ1) is 14.5. The second-order valence-electron chi connectivity index (χ2n) is 4.43. The number of halogens is 2. The van der Waals surface area contributed by atoms with Gasteiger partial charge in [0.25, 0.3) is 0 Å². The fraction of sp³-hybridized carbons (Fsp3) is 0.286. The lowest BCUT2D eigenvalue weighted by molar-refractivity contribution is 0.593. The molecule has 1 aromatic carbocycles. The third-order valence-electron chi connectivity index (χ3n) is 2.54. The van der Waals surface area contributed by atoms with E-state index < -0.39 is 0 Å². The first-order chi connectivity index (χ1) is 8.56. The van der Waals surface area contributed by atoms with Gasteiger partial charge >= 0.3 is 0 Å². The van der Waals surface area contributed by atoms with Gasteiger partial charge in [-0.2, -0.15) is 0 Å². The normalized spacial score (nSPS) is 11.2. The SMILES string of the molecule is CC(C)NCc1ccc(-c2cc(I)ccc2Br)s1. The van der Waals surface area contributed by atoms with Gasteiger partial charge in [-0.3, -0.25) is 0 Å². The predicted octanol–water partition coefficient (Wildman–Crippen LogP) is 5.28. The quantitative estimate of drug-likeness (QED) is 0.644. The van der Waals surface area contributed by atoms with E-state index >= 15 is 0 Å². The maximum atomic E-state index is 3.63. The summed E-state index contributed by atoms with van der Waals surface area (Å²) < 4.78 is 2.43. The molecular formula is C14H15BrINS. The minimum atomic E-state index is 0.528. The van der Waals surface area contributed by atoms with Crippen LogP contribution in [0.2, 0.25) is 0 Å². The summed E-state index contributed by atoms with van der Waals surface area (Å²) in [6.07, 6.45) is 0. The van der Waals surface area contributed by atoms with Crippen molar-refractivity contribution >= 4 is 49.9 Å². The Balaban J connectivity index is 2.21. The Morgan fingerprint density at radius 1 is 1.28 bits per heavy atom. The van der Waals surface area contributed by atoms with Crippen LogP contribution in [0.5, 0.6) is 0 Å². The van der Waals surface area contributed by atoms with E-state index in [2.05, 4.69) is 88.0 Å². The summed E-state index contributed by atoms with van der Waals surface area (Å²) in [5.41, 5.74) is 1.28. The average Bonchev–Trinajstić information content (AvgIpc) is 2.78. The van der Waals surface area contributed by atoms with Gasteiger partial charge in [0.15, 0.2) is 0 Å². The molecule has 0 unspecified atom stereocenters. The van der Waals surface area contributed by atoms with Gasteiger partial charge in [0, 0.05) is 35.9 Å². The van der Waals surface area contributed by atoms with Crippen molar-refractivity contribution in [2.45, 2.75) is 26.4 Å². The van der Waals surface area contributed by atoms with Gasteiger partial charge in [0.05, 0.1) is 0 Å². The molecule has 2 rings (SSSR count). The van der Waals surface area contributed by atoms with Crippen molar-refractivity contribution < 1.29 is 0 Å². The topological polar surface area (TPSA) is 12.0 Å². The maximum absolute atomic E-state index is 3.63. The zero-order valence-corrected chi connectivity index (χ0v) is 14.9. The highest BCUT2D eigenvalue weighted by Crippen LogP contribution is 2.34. The van der Waals surface area contributed by atoms with Gasteiger partial charge in [-0.15, -0.1) is 11.3 Å². The average molecular weight is 436 g/mol. The Hall–Kier alpha value is 0.0900. The molecule has 0 aliphatic carbocycles. The Kier molecular flexibility index (Phi) is 5.24. The lowest BCUT2D eigenvalue weighted by Crippen LogP contribution is -2.21. The summed E-state index contributed by atoms with van der Waals surface area (Å²) in [5, 5.41) is 3.45. The fourth-order valence-corrected chi connectivity index (χ4v) is 3.68. The molecule has 1 N–H and O–H groups in total. The van der Waals surface area contributed by atoms with Crippen molar-refractivity contribution in [3.05, 3.63) is 43.3 Å². The summed E-state index contributed by atoms with van der Waals surface area (Å²) >= 11 is 7.83. The molecule has 0 amide bonds. The molecule has 0 fully saturated rings. The third kappa shape index (κ3) is 3.79. The number of hydrogen-bond acceptors (Lipinski definition) is 2. The van der Waals surface area contributed by atoms with Crippen LogP contribution in [-0.4, -0.2) is 6.04 Å². The van der Waals surface area contributed by atoms with Gasteiger partial charge in [0.1, 0.15) is 0 Å². The van der Waals surface area contributed by atoms with E-state index in [1.165, 1.54) is 18.9 Å². The zero-order chi connectivity index (χ0) is 13.1. The molecule has 0 saturated heterocycles. The number of nitrogens with one attached hydrogen (secondary N) is 1. The molecule has 0 atom stereocenters. The molecule has 0 spiro atoms. The first-order valence-corrected chi connectivity index (χ1v) is 8.52. The van der Waals surface area contributed by atoms with Gasteiger partial charge < -0.3 is 5.32 Å². The van der Waals surface area contributed by atoms with E-state index in [1.807, 2.05) is 11.3 Å². The predicted molar refractivity (Wildman–Crippen MR) is 92.1 cm³/mol. The molecule has 0 aliphatic rings. The van der Waals surface area contributed by atoms with Crippen LogP contribution >= 0.6 is 49.9 Å². The van der Waals surface area contributed by atoms with Gasteiger partial charge in [-0.05, 0) is 52.9 Å². The second kappa shape index (κ2) is 6.50. The highest BCUT2D eigenvalue weighted by atomic mass is 127. The van der Waals surface area contributed by atoms with Gasteiger partial charge in [-0.1, -0.05) is 29.8 Å². The van der Waals surface area contributed by atoms with Crippen LogP contribution in [0, 0.1) is 3.57 Å². The largest absolute Gasteiger partial charge is 0.310 e. The molecule has 4 heteroatoms. The Bertz CT molecular complexity index is 536. The van der Waals surface area contributed by atoms with Crippen molar-refractivity contribution in [2.75, 3.05) is 0 Å². The van der Waals surface area contributed by atoms with E-state index in [-0.39, 0.29) is 0 Å². The molecule has 18 heavy (non-hydrogen) atoms. The van der Waals surface area contributed by atoms with Crippen LogP contribution in [-0.2, 0) is 6.54 Å².